The fourth-order valence-corrected chi connectivity index (χ4v) is 5.23. The molecule has 2 aromatic rings. The van der Waals surface area contributed by atoms with Crippen molar-refractivity contribution in [3.63, 3.8) is 0 Å². The molecule has 0 unspecified atom stereocenters. The third-order valence-electron chi connectivity index (χ3n) is 4.26. The smallest absolute Gasteiger partial charge is 0.283 e. The van der Waals surface area contributed by atoms with Gasteiger partial charge in [0.05, 0.1) is 19.6 Å². The van der Waals surface area contributed by atoms with E-state index in [2.05, 4.69) is 0 Å². The number of halogens is 1. The number of thiophene rings is 1. The second kappa shape index (κ2) is 7.33. The topological polar surface area (TPSA) is 101 Å². The van der Waals surface area contributed by atoms with E-state index >= 15 is 0 Å². The van der Waals surface area contributed by atoms with Gasteiger partial charge in [-0.2, -0.15) is 4.31 Å². The largest absolute Gasteiger partial charge is 0.335 e. The maximum atomic E-state index is 13.3. The molecule has 1 saturated heterocycles. The van der Waals surface area contributed by atoms with Crippen LogP contribution in [0.1, 0.15) is 14.5 Å². The minimum atomic E-state index is -3.84. The molecular formula is C16H16FN3O5S2. The quantitative estimate of drug-likeness (QED) is 0.565. The Hall–Kier alpha value is -2.37. The fraction of sp³-hybridized carbons (Fsp3) is 0.312. The number of rotatable bonds is 4. The highest BCUT2D eigenvalue weighted by Gasteiger charge is 2.32. The predicted molar refractivity (Wildman–Crippen MR) is 96.8 cm³/mol. The second-order valence-corrected chi connectivity index (χ2v) is 9.16. The standard InChI is InChI=1S/C16H16FN3O5S2/c1-11-14(20(22)23)10-15(26-11)16(21)18-5-7-19(8-6-18)27(24,25)13-4-2-3-12(17)9-13/h2-4,9-10H,5-8H2,1H3. The van der Waals surface area contributed by atoms with Gasteiger partial charge in [0, 0.05) is 32.2 Å². The van der Waals surface area contributed by atoms with E-state index in [1.165, 1.54) is 27.4 Å². The first-order valence-electron chi connectivity index (χ1n) is 8.00. The zero-order valence-corrected chi connectivity index (χ0v) is 15.9. The van der Waals surface area contributed by atoms with Crippen LogP contribution in [0.3, 0.4) is 0 Å². The van der Waals surface area contributed by atoms with Crippen molar-refractivity contribution in [2.24, 2.45) is 0 Å². The van der Waals surface area contributed by atoms with Gasteiger partial charge in [-0.1, -0.05) is 6.07 Å². The summed E-state index contributed by atoms with van der Waals surface area (Å²) in [6.45, 7) is 2.01. The molecule has 1 fully saturated rings. The van der Waals surface area contributed by atoms with Crippen LogP contribution in [0.4, 0.5) is 10.1 Å². The lowest BCUT2D eigenvalue weighted by molar-refractivity contribution is -0.385. The highest BCUT2D eigenvalue weighted by atomic mass is 32.2. The number of carbonyl (C=O) groups is 1. The fourth-order valence-electron chi connectivity index (χ4n) is 2.82. The summed E-state index contributed by atoms with van der Waals surface area (Å²) in [7, 11) is -3.84. The van der Waals surface area contributed by atoms with E-state index in [-0.39, 0.29) is 47.5 Å². The number of nitrogens with zero attached hydrogens (tertiary/aromatic N) is 3. The average molecular weight is 413 g/mol. The summed E-state index contributed by atoms with van der Waals surface area (Å²) in [5.74, 6) is -1.00. The number of hydrogen-bond acceptors (Lipinski definition) is 6. The molecule has 0 saturated carbocycles. The molecule has 1 amide bonds. The molecular weight excluding hydrogens is 397 g/mol. The Morgan fingerprint density at radius 3 is 2.44 bits per heavy atom. The number of benzene rings is 1. The highest BCUT2D eigenvalue weighted by Crippen LogP contribution is 2.29. The maximum Gasteiger partial charge on any atom is 0.283 e. The van der Waals surface area contributed by atoms with Crippen molar-refractivity contribution in [2.45, 2.75) is 11.8 Å². The first-order valence-corrected chi connectivity index (χ1v) is 10.3. The van der Waals surface area contributed by atoms with Crippen molar-refractivity contribution < 1.29 is 22.5 Å². The maximum absolute atomic E-state index is 13.3. The van der Waals surface area contributed by atoms with Gasteiger partial charge in [0.1, 0.15) is 5.82 Å². The van der Waals surface area contributed by atoms with E-state index < -0.39 is 20.8 Å². The summed E-state index contributed by atoms with van der Waals surface area (Å²) in [5, 5.41) is 10.9. The molecule has 0 N–H and O–H groups in total. The minimum absolute atomic E-state index is 0.0665. The Kier molecular flexibility index (Phi) is 5.27. The monoisotopic (exact) mass is 413 g/mol. The molecule has 3 rings (SSSR count). The Bertz CT molecular complexity index is 997. The van der Waals surface area contributed by atoms with E-state index in [1.54, 1.807) is 6.92 Å². The van der Waals surface area contributed by atoms with Gasteiger partial charge in [-0.15, -0.1) is 11.3 Å². The first kappa shape index (κ1) is 19.4. The molecule has 0 bridgehead atoms. The summed E-state index contributed by atoms with van der Waals surface area (Å²) in [4.78, 5) is 25.0. The molecule has 0 radical (unpaired) electrons. The summed E-state index contributed by atoms with van der Waals surface area (Å²) >= 11 is 1.04. The van der Waals surface area contributed by atoms with Gasteiger partial charge in [-0.25, -0.2) is 12.8 Å². The first-order chi connectivity index (χ1) is 12.7. The van der Waals surface area contributed by atoms with E-state index in [9.17, 15) is 27.7 Å². The Balaban J connectivity index is 1.71. The van der Waals surface area contributed by atoms with Gasteiger partial charge in [-0.05, 0) is 25.1 Å². The molecule has 0 spiro atoms. The lowest BCUT2D eigenvalue weighted by Crippen LogP contribution is -2.50. The van der Waals surface area contributed by atoms with Crippen LogP contribution in [0.5, 0.6) is 0 Å². The van der Waals surface area contributed by atoms with Crippen LogP contribution < -0.4 is 0 Å². The third kappa shape index (κ3) is 3.84. The van der Waals surface area contributed by atoms with Gasteiger partial charge in [0.15, 0.2) is 0 Å². The lowest BCUT2D eigenvalue weighted by atomic mass is 10.3. The van der Waals surface area contributed by atoms with Crippen LogP contribution in [-0.2, 0) is 10.0 Å². The SMILES string of the molecule is Cc1sc(C(=O)N2CCN(S(=O)(=O)c3cccc(F)c3)CC2)cc1[N+](=O)[O-]. The lowest BCUT2D eigenvalue weighted by Gasteiger charge is -2.33. The van der Waals surface area contributed by atoms with Crippen LogP contribution in [0.2, 0.25) is 0 Å². The Labute approximate surface area is 159 Å². The summed E-state index contributed by atoms with van der Waals surface area (Å²) in [6, 6.07) is 6.02. The highest BCUT2D eigenvalue weighted by molar-refractivity contribution is 7.89. The Morgan fingerprint density at radius 1 is 1.22 bits per heavy atom. The van der Waals surface area contributed by atoms with Crippen LogP contribution in [0.25, 0.3) is 0 Å². The van der Waals surface area contributed by atoms with Crippen LogP contribution >= 0.6 is 11.3 Å². The normalized spacial score (nSPS) is 15.7. The van der Waals surface area contributed by atoms with Crippen LogP contribution in [0.15, 0.2) is 35.2 Å². The number of piperazine rings is 1. The average Bonchev–Trinajstić information content (AvgIpc) is 3.03. The number of hydrogen-bond donors (Lipinski definition) is 0. The molecule has 1 aromatic heterocycles. The van der Waals surface area contributed by atoms with E-state index in [1.807, 2.05) is 0 Å². The van der Waals surface area contributed by atoms with E-state index in [0.717, 1.165) is 23.5 Å². The number of carbonyl (C=O) groups excluding carboxylic acids is 1. The number of aryl methyl sites for hydroxylation is 1. The van der Waals surface area contributed by atoms with E-state index in [0.29, 0.717) is 4.88 Å². The predicted octanol–water partition coefficient (Wildman–Crippen LogP) is 2.25. The molecule has 0 atom stereocenters. The molecule has 0 aliphatic carbocycles. The summed E-state index contributed by atoms with van der Waals surface area (Å²) < 4.78 is 39.7. The number of sulfonamides is 1. The van der Waals surface area contributed by atoms with Gasteiger partial charge >= 0.3 is 0 Å². The molecule has 11 heteroatoms. The van der Waals surface area contributed by atoms with Gasteiger partial charge in [0.2, 0.25) is 10.0 Å². The summed E-state index contributed by atoms with van der Waals surface area (Å²) in [5.41, 5.74) is -0.101. The van der Waals surface area contributed by atoms with Crippen molar-refractivity contribution in [3.8, 4) is 0 Å². The second-order valence-electron chi connectivity index (χ2n) is 5.96. The Morgan fingerprint density at radius 2 is 1.89 bits per heavy atom. The summed E-state index contributed by atoms with van der Waals surface area (Å²) in [6.07, 6.45) is 0. The molecule has 1 aliphatic heterocycles. The number of amides is 1. The molecule has 1 aromatic carbocycles. The van der Waals surface area contributed by atoms with Crippen molar-refractivity contribution >= 4 is 33.0 Å². The van der Waals surface area contributed by atoms with Crippen molar-refractivity contribution in [2.75, 3.05) is 26.2 Å². The zero-order chi connectivity index (χ0) is 19.8. The van der Waals surface area contributed by atoms with Crippen molar-refractivity contribution in [1.82, 2.24) is 9.21 Å². The molecule has 2 heterocycles. The molecule has 1 aliphatic rings. The minimum Gasteiger partial charge on any atom is -0.335 e. The van der Waals surface area contributed by atoms with Gasteiger partial charge in [-0.3, -0.25) is 14.9 Å². The molecule has 8 nitrogen and oxygen atoms in total. The zero-order valence-electron chi connectivity index (χ0n) is 14.3. The van der Waals surface area contributed by atoms with Crippen LogP contribution in [-0.4, -0.2) is 54.6 Å². The number of nitro groups is 1. The van der Waals surface area contributed by atoms with Crippen molar-refractivity contribution in [1.29, 1.82) is 0 Å². The van der Waals surface area contributed by atoms with Gasteiger partial charge in [0.25, 0.3) is 11.6 Å². The van der Waals surface area contributed by atoms with Crippen LogP contribution in [0, 0.1) is 22.9 Å². The molecule has 27 heavy (non-hydrogen) atoms. The molecule has 144 valence electrons. The third-order valence-corrected chi connectivity index (χ3v) is 7.18. The van der Waals surface area contributed by atoms with Crippen molar-refractivity contribution in [3.05, 3.63) is 56.0 Å². The van der Waals surface area contributed by atoms with Gasteiger partial charge < -0.3 is 4.90 Å². The van der Waals surface area contributed by atoms with E-state index in [4.69, 9.17) is 0 Å².